The van der Waals surface area contributed by atoms with Crippen LogP contribution in [0.25, 0.3) is 11.1 Å². The SMILES string of the molecule is O=C([O-])c1cc(C(F)(F)F)cc(C2=C(c3cc(C(F)(F)F)ccc3OCc3ccc(F)c(F)c3)CCC2)n1. The molecule has 3 aromatic rings. The number of aromatic nitrogens is 1. The first-order chi connectivity index (χ1) is 17.7. The van der Waals surface area contributed by atoms with Crippen LogP contribution in [0.3, 0.4) is 0 Å². The lowest BCUT2D eigenvalue weighted by molar-refractivity contribution is -0.255. The van der Waals surface area contributed by atoms with E-state index in [0.717, 1.165) is 30.3 Å². The second kappa shape index (κ2) is 10.1. The van der Waals surface area contributed by atoms with Crippen molar-refractivity contribution < 1.29 is 49.8 Å². The fourth-order valence-electron chi connectivity index (χ4n) is 4.14. The molecule has 2 aromatic carbocycles. The summed E-state index contributed by atoms with van der Waals surface area (Å²) in [5.74, 6) is -4.30. The summed E-state index contributed by atoms with van der Waals surface area (Å²) in [4.78, 5) is 15.1. The van der Waals surface area contributed by atoms with Crippen molar-refractivity contribution in [3.63, 3.8) is 0 Å². The molecule has 0 saturated carbocycles. The van der Waals surface area contributed by atoms with Crippen LogP contribution in [-0.2, 0) is 19.0 Å². The van der Waals surface area contributed by atoms with Crippen molar-refractivity contribution in [2.45, 2.75) is 38.2 Å². The summed E-state index contributed by atoms with van der Waals surface area (Å²) in [6.45, 7) is -0.352. The van der Waals surface area contributed by atoms with E-state index in [0.29, 0.717) is 18.6 Å². The van der Waals surface area contributed by atoms with Crippen molar-refractivity contribution >= 4 is 17.1 Å². The summed E-state index contributed by atoms with van der Waals surface area (Å²) in [6, 6.07) is 6.41. The lowest BCUT2D eigenvalue weighted by Gasteiger charge is -2.18. The van der Waals surface area contributed by atoms with Gasteiger partial charge in [-0.05, 0) is 78.4 Å². The predicted octanol–water partition coefficient (Wildman–Crippen LogP) is 6.43. The molecule has 0 atom stereocenters. The maximum absolute atomic E-state index is 13.6. The Hall–Kier alpha value is -3.96. The summed E-state index contributed by atoms with van der Waals surface area (Å²) < 4.78 is 113. The Balaban J connectivity index is 1.84. The molecule has 1 aromatic heterocycles. The minimum atomic E-state index is -4.92. The minimum Gasteiger partial charge on any atom is -0.543 e. The van der Waals surface area contributed by atoms with E-state index in [-0.39, 0.29) is 53.2 Å². The molecule has 0 spiro atoms. The van der Waals surface area contributed by atoms with Gasteiger partial charge in [-0.25, -0.2) is 13.8 Å². The molecule has 0 aliphatic heterocycles. The number of carboxylic acid groups (broad SMARTS) is 1. The molecule has 38 heavy (non-hydrogen) atoms. The number of allylic oxidation sites excluding steroid dienone is 2. The smallest absolute Gasteiger partial charge is 0.416 e. The van der Waals surface area contributed by atoms with Gasteiger partial charge in [-0.2, -0.15) is 26.3 Å². The number of carbonyl (C=O) groups excluding carboxylic acids is 1. The van der Waals surface area contributed by atoms with E-state index in [2.05, 4.69) is 4.98 Å². The molecule has 4 nitrogen and oxygen atoms in total. The third kappa shape index (κ3) is 5.79. The average Bonchev–Trinajstić information content (AvgIpc) is 3.33. The van der Waals surface area contributed by atoms with Gasteiger partial charge in [-0.1, -0.05) is 6.07 Å². The van der Waals surface area contributed by atoms with Crippen LogP contribution in [0, 0.1) is 11.6 Å². The monoisotopic (exact) mass is 542 g/mol. The van der Waals surface area contributed by atoms with E-state index in [9.17, 15) is 45.0 Å². The third-order valence-electron chi connectivity index (χ3n) is 5.90. The van der Waals surface area contributed by atoms with Gasteiger partial charge >= 0.3 is 12.4 Å². The Labute approximate surface area is 210 Å². The first kappa shape index (κ1) is 27.1. The van der Waals surface area contributed by atoms with E-state index in [1.807, 2.05) is 0 Å². The second-order valence-electron chi connectivity index (χ2n) is 8.47. The highest BCUT2D eigenvalue weighted by Gasteiger charge is 2.34. The minimum absolute atomic E-state index is 0.0933. The number of aromatic carboxylic acids is 1. The Morgan fingerprint density at radius 1 is 0.842 bits per heavy atom. The van der Waals surface area contributed by atoms with E-state index in [4.69, 9.17) is 4.74 Å². The molecule has 200 valence electrons. The number of carboxylic acids is 1. The highest BCUT2D eigenvalue weighted by molar-refractivity contribution is 5.94. The van der Waals surface area contributed by atoms with Crippen LogP contribution in [0.5, 0.6) is 5.75 Å². The quantitative estimate of drug-likeness (QED) is 0.337. The highest BCUT2D eigenvalue weighted by Crippen LogP contribution is 2.45. The number of pyridine rings is 1. The number of rotatable bonds is 6. The van der Waals surface area contributed by atoms with Crippen molar-refractivity contribution in [1.82, 2.24) is 4.98 Å². The van der Waals surface area contributed by atoms with Gasteiger partial charge in [0.2, 0.25) is 0 Å². The number of nitrogens with zero attached hydrogens (tertiary/aromatic N) is 1. The summed E-state index contributed by atoms with van der Waals surface area (Å²) in [7, 11) is 0. The topological polar surface area (TPSA) is 62.2 Å². The van der Waals surface area contributed by atoms with Crippen LogP contribution >= 0.6 is 0 Å². The molecule has 1 aliphatic carbocycles. The molecule has 0 bridgehead atoms. The molecular formula is C26H16F8NO3-. The van der Waals surface area contributed by atoms with E-state index in [1.54, 1.807) is 0 Å². The van der Waals surface area contributed by atoms with Crippen molar-refractivity contribution in [2.75, 3.05) is 0 Å². The number of halogens is 8. The first-order valence-electron chi connectivity index (χ1n) is 11.1. The summed E-state index contributed by atoms with van der Waals surface area (Å²) in [5.41, 5.74) is -3.32. The number of carbonyl (C=O) groups is 1. The lowest BCUT2D eigenvalue weighted by Crippen LogP contribution is -2.25. The van der Waals surface area contributed by atoms with Crippen molar-refractivity contribution in [1.29, 1.82) is 0 Å². The fraction of sp³-hybridized carbons (Fsp3) is 0.231. The number of alkyl halides is 6. The summed E-state index contributed by atoms with van der Waals surface area (Å²) in [6.07, 6.45) is -9.10. The maximum atomic E-state index is 13.6. The molecular weight excluding hydrogens is 526 g/mol. The summed E-state index contributed by atoms with van der Waals surface area (Å²) >= 11 is 0. The third-order valence-corrected chi connectivity index (χ3v) is 5.90. The van der Waals surface area contributed by atoms with Gasteiger partial charge in [-0.3, -0.25) is 0 Å². The van der Waals surface area contributed by atoms with Gasteiger partial charge in [0.1, 0.15) is 12.4 Å². The summed E-state index contributed by atoms with van der Waals surface area (Å²) in [5, 5.41) is 11.3. The van der Waals surface area contributed by atoms with Crippen LogP contribution in [0.1, 0.15) is 57.7 Å². The molecule has 4 rings (SSSR count). The van der Waals surface area contributed by atoms with Crippen molar-refractivity contribution in [3.8, 4) is 5.75 Å². The van der Waals surface area contributed by atoms with Crippen molar-refractivity contribution in [3.05, 3.63) is 93.8 Å². The Kier molecular flexibility index (Phi) is 7.18. The van der Waals surface area contributed by atoms with Crippen LogP contribution < -0.4 is 9.84 Å². The zero-order valence-corrected chi connectivity index (χ0v) is 19.1. The molecule has 0 saturated heterocycles. The van der Waals surface area contributed by atoms with Gasteiger partial charge in [0, 0.05) is 5.56 Å². The lowest BCUT2D eigenvalue weighted by atomic mass is 9.96. The molecule has 0 radical (unpaired) electrons. The Morgan fingerprint density at radius 2 is 1.53 bits per heavy atom. The van der Waals surface area contributed by atoms with Crippen LogP contribution in [0.4, 0.5) is 35.1 Å². The van der Waals surface area contributed by atoms with Gasteiger partial charge in [0.15, 0.2) is 11.6 Å². The molecule has 12 heteroatoms. The van der Waals surface area contributed by atoms with E-state index >= 15 is 0 Å². The zero-order chi connectivity index (χ0) is 27.8. The molecule has 1 aliphatic rings. The number of benzene rings is 2. The standard InChI is InChI=1S/C26H17F8NO3/c27-19-6-4-13(8-20(19)28)12-38-23-7-5-14(25(29,30)31)9-18(23)16-2-1-3-17(16)21-10-15(26(32,33)34)11-22(35-21)24(36)37/h4-11H,1-3,12H2,(H,36,37)/p-1. The first-order valence-corrected chi connectivity index (χ1v) is 11.1. The van der Waals surface area contributed by atoms with Gasteiger partial charge < -0.3 is 14.6 Å². The number of hydrogen-bond donors (Lipinski definition) is 0. The van der Waals surface area contributed by atoms with Crippen molar-refractivity contribution in [2.24, 2.45) is 0 Å². The molecule has 0 amide bonds. The highest BCUT2D eigenvalue weighted by atomic mass is 19.4. The van der Waals surface area contributed by atoms with E-state index in [1.165, 1.54) is 6.07 Å². The second-order valence-corrected chi connectivity index (χ2v) is 8.47. The predicted molar refractivity (Wildman–Crippen MR) is 116 cm³/mol. The van der Waals surface area contributed by atoms with Crippen LogP contribution in [0.15, 0.2) is 48.5 Å². The van der Waals surface area contributed by atoms with Crippen LogP contribution in [0.2, 0.25) is 0 Å². The van der Waals surface area contributed by atoms with Gasteiger partial charge in [-0.15, -0.1) is 0 Å². The Morgan fingerprint density at radius 3 is 2.16 bits per heavy atom. The Bertz CT molecular complexity index is 1430. The largest absolute Gasteiger partial charge is 0.543 e. The van der Waals surface area contributed by atoms with Gasteiger partial charge in [0.25, 0.3) is 0 Å². The molecule has 0 unspecified atom stereocenters. The average molecular weight is 542 g/mol. The number of ether oxygens (including phenoxy) is 1. The zero-order valence-electron chi connectivity index (χ0n) is 19.1. The number of hydrogen-bond acceptors (Lipinski definition) is 4. The van der Waals surface area contributed by atoms with Crippen LogP contribution in [-0.4, -0.2) is 11.0 Å². The maximum Gasteiger partial charge on any atom is 0.416 e. The normalized spacial score (nSPS) is 14.2. The fourth-order valence-corrected chi connectivity index (χ4v) is 4.14. The molecule has 0 fully saturated rings. The molecule has 0 N–H and O–H groups in total. The van der Waals surface area contributed by atoms with Gasteiger partial charge in [0.05, 0.1) is 28.5 Å². The van der Waals surface area contributed by atoms with E-state index < -0.39 is 46.8 Å². The molecule has 1 heterocycles.